The van der Waals surface area contributed by atoms with Gasteiger partial charge in [-0.1, -0.05) is 27.7 Å². The van der Waals surface area contributed by atoms with Crippen LogP contribution in [0.15, 0.2) is 12.2 Å². The third-order valence-corrected chi connectivity index (χ3v) is 12.7. The lowest BCUT2D eigenvalue weighted by Gasteiger charge is -2.49. The Morgan fingerprint density at radius 1 is 0.867 bits per heavy atom. The number of carbonyl (C=O) groups excluding carboxylic acids is 4. The second-order valence-corrected chi connectivity index (χ2v) is 18.0. The maximum absolute atomic E-state index is 14.3. The van der Waals surface area contributed by atoms with E-state index in [9.17, 15) is 39.6 Å². The van der Waals surface area contributed by atoms with E-state index in [-0.39, 0.29) is 25.9 Å². The molecule has 0 aromatic carbocycles. The van der Waals surface area contributed by atoms with Crippen LogP contribution >= 0.6 is 0 Å². The number of rotatable bonds is 11. The number of aliphatic hydroxyl groups excluding tert-OH is 2. The Labute approximate surface area is 355 Å². The van der Waals surface area contributed by atoms with E-state index < -0.39 is 132 Å². The van der Waals surface area contributed by atoms with Crippen LogP contribution in [0.1, 0.15) is 102 Å². The SMILES string of the molecule is CCOC(=O)/C=C/C(=O)O[C@H]1[C@H](O[C@@H]2[C@@H](C)[C@H](O[C@H]3C[C@@](C)(OC)[C@@H](O)[C@H](C)O3)[C@@H](C)C(=O)O[C@H](CC)[C@@](C)(O)[C@H](O)[C@@H](C)C(=O)[C@H](C)C[C@@]2(C)O)O[C@H](C)C[C@@H]1N(C)C. The molecule has 0 amide bonds. The van der Waals surface area contributed by atoms with Gasteiger partial charge in [0.25, 0.3) is 0 Å². The van der Waals surface area contributed by atoms with Crippen molar-refractivity contribution < 1.29 is 77.5 Å². The minimum Gasteiger partial charge on any atom is -0.463 e. The summed E-state index contributed by atoms with van der Waals surface area (Å²) >= 11 is 0. The molecule has 3 saturated heterocycles. The highest BCUT2D eigenvalue weighted by molar-refractivity contribution is 5.91. The van der Waals surface area contributed by atoms with Gasteiger partial charge in [0.15, 0.2) is 18.7 Å². The number of esters is 3. The van der Waals surface area contributed by atoms with Gasteiger partial charge in [0.2, 0.25) is 0 Å². The Morgan fingerprint density at radius 2 is 1.48 bits per heavy atom. The Bertz CT molecular complexity index is 1490. The monoisotopic (exact) mass is 859 g/mol. The van der Waals surface area contributed by atoms with E-state index in [1.165, 1.54) is 27.9 Å². The van der Waals surface area contributed by atoms with Crippen molar-refractivity contribution in [1.82, 2.24) is 4.90 Å². The zero-order valence-electron chi connectivity index (χ0n) is 38.0. The van der Waals surface area contributed by atoms with Crippen molar-refractivity contribution in [3.05, 3.63) is 12.2 Å². The molecule has 3 aliphatic heterocycles. The normalized spacial score (nSPS) is 44.0. The van der Waals surface area contributed by atoms with Gasteiger partial charge in [0.05, 0.1) is 60.3 Å². The number of hydrogen-bond acceptors (Lipinski definition) is 17. The second kappa shape index (κ2) is 21.2. The molecule has 17 nitrogen and oxygen atoms in total. The molecule has 0 aromatic rings. The summed E-state index contributed by atoms with van der Waals surface area (Å²) in [6.07, 6.45) is -8.97. The fraction of sp³-hybridized carbons (Fsp3) is 0.860. The summed E-state index contributed by atoms with van der Waals surface area (Å²) in [6, 6.07) is -0.477. The van der Waals surface area contributed by atoms with Gasteiger partial charge in [-0.3, -0.25) is 9.59 Å². The topological polar surface area (TPSA) is 226 Å². The van der Waals surface area contributed by atoms with Gasteiger partial charge in [0.1, 0.15) is 23.6 Å². The summed E-state index contributed by atoms with van der Waals surface area (Å²) in [5, 5.41) is 46.8. The molecule has 0 unspecified atom stereocenters. The molecular weight excluding hydrogens is 786 g/mol. The number of hydrogen-bond donors (Lipinski definition) is 4. The van der Waals surface area contributed by atoms with Crippen LogP contribution in [0.5, 0.6) is 0 Å². The van der Waals surface area contributed by atoms with Crippen molar-refractivity contribution in [2.45, 2.75) is 186 Å². The first-order valence-electron chi connectivity index (χ1n) is 21.2. The van der Waals surface area contributed by atoms with Crippen molar-refractivity contribution in [3.8, 4) is 0 Å². The van der Waals surface area contributed by atoms with Crippen molar-refractivity contribution >= 4 is 23.7 Å². The van der Waals surface area contributed by atoms with Crippen molar-refractivity contribution in [2.75, 3.05) is 27.8 Å². The molecule has 0 radical (unpaired) electrons. The zero-order valence-corrected chi connectivity index (χ0v) is 38.0. The summed E-state index contributed by atoms with van der Waals surface area (Å²) < 4.78 is 48.5. The van der Waals surface area contributed by atoms with E-state index in [1.54, 1.807) is 62.6 Å². The van der Waals surface area contributed by atoms with Crippen LogP contribution in [0.25, 0.3) is 0 Å². The molecule has 60 heavy (non-hydrogen) atoms. The molecule has 0 spiro atoms. The molecule has 17 heteroatoms. The van der Waals surface area contributed by atoms with Gasteiger partial charge in [-0.2, -0.15) is 0 Å². The average Bonchev–Trinajstić information content (AvgIpc) is 3.17. The number of ether oxygens (including phenoxy) is 8. The van der Waals surface area contributed by atoms with Gasteiger partial charge in [-0.05, 0) is 81.8 Å². The van der Waals surface area contributed by atoms with Crippen LogP contribution in [0.2, 0.25) is 0 Å². The third kappa shape index (κ3) is 12.1. The minimum absolute atomic E-state index is 0.0366. The van der Waals surface area contributed by atoms with E-state index in [4.69, 9.17) is 37.9 Å². The van der Waals surface area contributed by atoms with E-state index in [0.717, 1.165) is 12.2 Å². The van der Waals surface area contributed by atoms with E-state index in [0.29, 0.717) is 6.42 Å². The second-order valence-electron chi connectivity index (χ2n) is 18.0. The molecule has 4 N–H and O–H groups in total. The Morgan fingerprint density at radius 3 is 2.05 bits per heavy atom. The van der Waals surface area contributed by atoms with Crippen molar-refractivity contribution in [2.24, 2.45) is 23.7 Å². The molecule has 3 heterocycles. The predicted octanol–water partition coefficient (Wildman–Crippen LogP) is 2.46. The molecule has 0 bridgehead atoms. The highest BCUT2D eigenvalue weighted by Crippen LogP contribution is 2.41. The third-order valence-electron chi connectivity index (χ3n) is 12.7. The predicted molar refractivity (Wildman–Crippen MR) is 216 cm³/mol. The lowest BCUT2D eigenvalue weighted by molar-refractivity contribution is -0.318. The standard InChI is InChI=1S/C43H73NO16/c1-15-29-43(11,52)36(48)24(5)33(47)22(3)20-41(9,51)38(25(6)34(26(7)39(50)57-29)59-32-21-42(10,53-14)37(49)27(8)56-32)60-40-35(28(44(12)13)19-23(4)55-40)58-31(46)18-17-30(45)54-16-2/h17-18,22-29,32,34-38,40,48-49,51-52H,15-16,19-21H2,1-14H3/b18-17+/t22-,23-,24+,25+,26-,27+,28+,29-,32+,34+,35-,36-,37+,38-,40+,41-,42-,43-/m1/s1. The summed E-state index contributed by atoms with van der Waals surface area (Å²) in [5.74, 6) is -7.06. The molecule has 346 valence electrons. The summed E-state index contributed by atoms with van der Waals surface area (Å²) in [5.41, 5.74) is -5.08. The lowest BCUT2D eigenvalue weighted by Crippen LogP contribution is -2.61. The van der Waals surface area contributed by atoms with Gasteiger partial charge < -0.3 is 63.2 Å². The summed E-state index contributed by atoms with van der Waals surface area (Å²) in [4.78, 5) is 55.4. The number of ketones is 1. The maximum Gasteiger partial charge on any atom is 0.331 e. The van der Waals surface area contributed by atoms with Gasteiger partial charge in [-0.25, -0.2) is 9.59 Å². The molecule has 0 aliphatic carbocycles. The quantitative estimate of drug-likeness (QED) is 0.133. The first-order valence-corrected chi connectivity index (χ1v) is 21.2. The van der Waals surface area contributed by atoms with Crippen LogP contribution in [-0.4, -0.2) is 161 Å². The molecular formula is C43H73NO16. The number of methoxy groups -OCH3 is 1. The van der Waals surface area contributed by atoms with Crippen molar-refractivity contribution in [3.63, 3.8) is 0 Å². The number of nitrogens with zero attached hydrogens (tertiary/aromatic N) is 1. The number of cyclic esters (lactones) is 1. The fourth-order valence-corrected chi connectivity index (χ4v) is 9.02. The highest BCUT2D eigenvalue weighted by Gasteiger charge is 2.54. The number of Topliss-reactive ketones (excluding diaryl/α,β-unsaturated/α-hetero) is 1. The molecule has 0 aromatic heterocycles. The van der Waals surface area contributed by atoms with Gasteiger partial charge in [-0.15, -0.1) is 0 Å². The van der Waals surface area contributed by atoms with Crippen LogP contribution in [0.3, 0.4) is 0 Å². The van der Waals surface area contributed by atoms with Crippen LogP contribution in [0.4, 0.5) is 0 Å². The zero-order chi connectivity index (χ0) is 45.7. The largest absolute Gasteiger partial charge is 0.463 e. The number of aliphatic hydroxyl groups is 4. The first-order chi connectivity index (χ1) is 27.8. The Balaban J connectivity index is 2.24. The van der Waals surface area contributed by atoms with Crippen LogP contribution in [0, 0.1) is 23.7 Å². The first kappa shape index (κ1) is 51.8. The maximum atomic E-state index is 14.3. The van der Waals surface area contributed by atoms with Crippen LogP contribution in [-0.2, 0) is 57.1 Å². The van der Waals surface area contributed by atoms with Gasteiger partial charge >= 0.3 is 17.9 Å². The smallest absolute Gasteiger partial charge is 0.331 e. The van der Waals surface area contributed by atoms with Crippen LogP contribution < -0.4 is 0 Å². The molecule has 3 fully saturated rings. The highest BCUT2D eigenvalue weighted by atomic mass is 16.7. The Hall–Kier alpha value is -2.58. The molecule has 18 atom stereocenters. The van der Waals surface area contributed by atoms with Gasteiger partial charge in [0, 0.05) is 43.4 Å². The average molecular weight is 860 g/mol. The summed E-state index contributed by atoms with van der Waals surface area (Å²) in [7, 11) is 5.05. The number of carbonyl (C=O) groups is 4. The van der Waals surface area contributed by atoms with E-state index in [2.05, 4.69) is 0 Å². The van der Waals surface area contributed by atoms with Crippen molar-refractivity contribution in [1.29, 1.82) is 0 Å². The van der Waals surface area contributed by atoms with E-state index >= 15 is 0 Å². The fourth-order valence-electron chi connectivity index (χ4n) is 9.02. The minimum atomic E-state index is -2.05. The molecule has 3 rings (SSSR count). The number of likely N-dealkylation sites (N-methyl/N-ethyl adjacent to an activating group) is 1. The summed E-state index contributed by atoms with van der Waals surface area (Å²) in [6.45, 7) is 17.7. The molecule has 3 aliphatic rings. The Kier molecular flexibility index (Phi) is 18.3. The lowest BCUT2D eigenvalue weighted by atomic mass is 9.74. The molecule has 0 saturated carbocycles. The van der Waals surface area contributed by atoms with E-state index in [1.807, 2.05) is 11.8 Å².